The van der Waals surface area contributed by atoms with Gasteiger partial charge in [-0.05, 0) is 31.4 Å². The highest BCUT2D eigenvalue weighted by atomic mass is 16.5. The van der Waals surface area contributed by atoms with Gasteiger partial charge in [-0.2, -0.15) is 9.67 Å². The van der Waals surface area contributed by atoms with Gasteiger partial charge in [0.2, 0.25) is 11.9 Å². The first-order valence-electron chi connectivity index (χ1n) is 8.29. The molecular formula is C16H18N8O2. The third-order valence-corrected chi connectivity index (χ3v) is 4.53. The standard InChI is InChI=1S/C16H18N8O2/c1-26-11-4-5-13(18-7-11)24-15-12(22-23-24)8-19-16(21-15)20-10-3-2-9(6-10)14(17)25/h4-5,7-10H,2-3,6H2,1H3,(H2,17,25)(H,19,20,21)/t9-,10-/m1/s1. The van der Waals surface area contributed by atoms with E-state index < -0.39 is 0 Å². The highest BCUT2D eigenvalue weighted by Crippen LogP contribution is 2.27. The molecular weight excluding hydrogens is 336 g/mol. The van der Waals surface area contributed by atoms with Gasteiger partial charge in [-0.25, -0.2) is 9.97 Å². The van der Waals surface area contributed by atoms with Crippen LogP contribution in [0, 0.1) is 5.92 Å². The second-order valence-electron chi connectivity index (χ2n) is 6.21. The summed E-state index contributed by atoms with van der Waals surface area (Å²) in [6, 6.07) is 3.68. The first-order chi connectivity index (χ1) is 12.6. The molecule has 1 amide bonds. The van der Waals surface area contributed by atoms with Gasteiger partial charge in [0.1, 0.15) is 5.75 Å². The lowest BCUT2D eigenvalue weighted by Crippen LogP contribution is -2.23. The van der Waals surface area contributed by atoms with E-state index in [1.54, 1.807) is 36.3 Å². The molecule has 0 unspecified atom stereocenters. The first-order valence-corrected chi connectivity index (χ1v) is 8.29. The molecule has 1 aliphatic carbocycles. The largest absolute Gasteiger partial charge is 0.495 e. The first kappa shape index (κ1) is 16.2. The van der Waals surface area contributed by atoms with Crippen LogP contribution in [0.3, 0.4) is 0 Å². The van der Waals surface area contributed by atoms with Crippen LogP contribution in [-0.4, -0.2) is 49.0 Å². The van der Waals surface area contributed by atoms with Gasteiger partial charge in [0, 0.05) is 12.0 Å². The van der Waals surface area contributed by atoms with Crippen molar-refractivity contribution < 1.29 is 9.53 Å². The molecule has 0 radical (unpaired) electrons. The number of methoxy groups -OCH3 is 1. The van der Waals surface area contributed by atoms with Crippen molar-refractivity contribution in [3.8, 4) is 11.6 Å². The van der Waals surface area contributed by atoms with Crippen molar-refractivity contribution in [2.75, 3.05) is 12.4 Å². The number of nitrogens with zero attached hydrogens (tertiary/aromatic N) is 6. The van der Waals surface area contributed by atoms with Gasteiger partial charge in [-0.1, -0.05) is 5.21 Å². The van der Waals surface area contributed by atoms with Gasteiger partial charge in [0.15, 0.2) is 17.0 Å². The molecule has 0 spiro atoms. The number of ether oxygens (including phenoxy) is 1. The van der Waals surface area contributed by atoms with Crippen LogP contribution in [0.2, 0.25) is 0 Å². The fourth-order valence-corrected chi connectivity index (χ4v) is 3.12. The van der Waals surface area contributed by atoms with Gasteiger partial charge < -0.3 is 15.8 Å². The average molecular weight is 354 g/mol. The lowest BCUT2D eigenvalue weighted by Gasteiger charge is -2.12. The Morgan fingerprint density at radius 3 is 2.88 bits per heavy atom. The van der Waals surface area contributed by atoms with Gasteiger partial charge in [-0.3, -0.25) is 4.79 Å². The highest BCUT2D eigenvalue weighted by molar-refractivity contribution is 5.77. The summed E-state index contributed by atoms with van der Waals surface area (Å²) < 4.78 is 6.66. The van der Waals surface area contributed by atoms with Crippen LogP contribution >= 0.6 is 0 Å². The molecule has 26 heavy (non-hydrogen) atoms. The zero-order chi connectivity index (χ0) is 18.1. The van der Waals surface area contributed by atoms with E-state index in [-0.39, 0.29) is 17.9 Å². The van der Waals surface area contributed by atoms with E-state index in [1.807, 2.05) is 0 Å². The van der Waals surface area contributed by atoms with Crippen molar-refractivity contribution in [1.82, 2.24) is 29.9 Å². The molecule has 4 rings (SSSR count). The van der Waals surface area contributed by atoms with Crippen LogP contribution in [0.4, 0.5) is 5.95 Å². The van der Waals surface area contributed by atoms with Crippen LogP contribution < -0.4 is 15.8 Å². The molecule has 134 valence electrons. The topological polar surface area (TPSA) is 134 Å². The quantitative estimate of drug-likeness (QED) is 0.683. The van der Waals surface area contributed by atoms with E-state index in [0.717, 1.165) is 12.8 Å². The van der Waals surface area contributed by atoms with E-state index in [1.165, 1.54) is 0 Å². The van der Waals surface area contributed by atoms with Crippen molar-refractivity contribution in [1.29, 1.82) is 0 Å². The minimum Gasteiger partial charge on any atom is -0.495 e. The van der Waals surface area contributed by atoms with Gasteiger partial charge in [-0.15, -0.1) is 5.10 Å². The van der Waals surface area contributed by atoms with Gasteiger partial charge >= 0.3 is 0 Å². The fraction of sp³-hybridized carbons (Fsp3) is 0.375. The van der Waals surface area contributed by atoms with E-state index >= 15 is 0 Å². The maximum atomic E-state index is 11.3. The van der Waals surface area contributed by atoms with Crippen molar-refractivity contribution in [2.24, 2.45) is 11.7 Å². The summed E-state index contributed by atoms with van der Waals surface area (Å²) in [6.07, 6.45) is 5.54. The minimum absolute atomic E-state index is 0.0908. The molecule has 0 aliphatic heterocycles. The summed E-state index contributed by atoms with van der Waals surface area (Å²) in [5.74, 6) is 1.35. The smallest absolute Gasteiger partial charge is 0.225 e. The molecule has 1 fully saturated rings. The summed E-state index contributed by atoms with van der Waals surface area (Å²) in [5, 5.41) is 11.4. The number of nitrogens with one attached hydrogen (secondary N) is 1. The Morgan fingerprint density at radius 1 is 1.31 bits per heavy atom. The number of carbonyl (C=O) groups is 1. The third kappa shape index (κ3) is 3.01. The molecule has 3 heterocycles. The SMILES string of the molecule is COc1ccc(-n2nnc3cnc(N[C@@H]4CC[C@@H](C(N)=O)C4)nc32)nc1. The van der Waals surface area contributed by atoms with Crippen LogP contribution in [0.25, 0.3) is 17.0 Å². The van der Waals surface area contributed by atoms with Crippen LogP contribution in [0.5, 0.6) is 5.75 Å². The number of primary amides is 1. The van der Waals surface area contributed by atoms with E-state index in [4.69, 9.17) is 10.5 Å². The number of hydrogen-bond donors (Lipinski definition) is 2. The number of hydrogen-bond acceptors (Lipinski definition) is 8. The maximum absolute atomic E-state index is 11.3. The van der Waals surface area contributed by atoms with E-state index in [0.29, 0.717) is 35.1 Å². The number of amides is 1. The van der Waals surface area contributed by atoms with Crippen molar-refractivity contribution in [3.63, 3.8) is 0 Å². The van der Waals surface area contributed by atoms with Crippen molar-refractivity contribution in [2.45, 2.75) is 25.3 Å². The summed E-state index contributed by atoms with van der Waals surface area (Å²) in [4.78, 5) is 24.4. The monoisotopic (exact) mass is 354 g/mol. The zero-order valence-electron chi connectivity index (χ0n) is 14.2. The predicted octanol–water partition coefficient (Wildman–Crippen LogP) is 0.680. The van der Waals surface area contributed by atoms with Crippen molar-refractivity contribution in [3.05, 3.63) is 24.5 Å². The Balaban J connectivity index is 1.59. The summed E-state index contributed by atoms with van der Waals surface area (Å²) >= 11 is 0. The molecule has 0 aromatic carbocycles. The second-order valence-corrected chi connectivity index (χ2v) is 6.21. The number of fused-ring (bicyclic) bond motifs is 1. The molecule has 0 saturated heterocycles. The average Bonchev–Trinajstić information content (AvgIpc) is 3.29. The number of nitrogens with two attached hydrogens (primary N) is 1. The minimum atomic E-state index is -0.251. The molecule has 3 aromatic rings. The predicted molar refractivity (Wildman–Crippen MR) is 92.7 cm³/mol. The Morgan fingerprint density at radius 2 is 2.19 bits per heavy atom. The molecule has 10 heteroatoms. The lowest BCUT2D eigenvalue weighted by atomic mass is 10.1. The normalized spacial score (nSPS) is 19.6. The maximum Gasteiger partial charge on any atom is 0.225 e. The number of aromatic nitrogens is 6. The summed E-state index contributed by atoms with van der Waals surface area (Å²) in [6.45, 7) is 0. The van der Waals surface area contributed by atoms with E-state index in [9.17, 15) is 4.79 Å². The van der Waals surface area contributed by atoms with Crippen LogP contribution in [-0.2, 0) is 4.79 Å². The lowest BCUT2D eigenvalue weighted by molar-refractivity contribution is -0.121. The molecule has 2 atom stereocenters. The number of carbonyl (C=O) groups excluding carboxylic acids is 1. The Hall–Kier alpha value is -3.30. The van der Waals surface area contributed by atoms with Crippen molar-refractivity contribution >= 4 is 23.0 Å². The second kappa shape index (κ2) is 6.54. The number of anilines is 1. The number of pyridine rings is 1. The Kier molecular flexibility index (Phi) is 4.07. The molecule has 3 N–H and O–H groups in total. The number of rotatable bonds is 5. The zero-order valence-corrected chi connectivity index (χ0v) is 14.2. The highest BCUT2D eigenvalue weighted by Gasteiger charge is 2.28. The molecule has 0 bridgehead atoms. The fourth-order valence-electron chi connectivity index (χ4n) is 3.12. The molecule has 1 saturated carbocycles. The summed E-state index contributed by atoms with van der Waals surface area (Å²) in [5.41, 5.74) is 6.50. The van der Waals surface area contributed by atoms with Crippen LogP contribution in [0.1, 0.15) is 19.3 Å². The molecule has 10 nitrogen and oxygen atoms in total. The van der Waals surface area contributed by atoms with Gasteiger partial charge in [0.05, 0.1) is 19.5 Å². The Bertz CT molecular complexity index is 939. The molecule has 1 aliphatic rings. The van der Waals surface area contributed by atoms with Crippen LogP contribution in [0.15, 0.2) is 24.5 Å². The third-order valence-electron chi connectivity index (χ3n) is 4.53. The van der Waals surface area contributed by atoms with Gasteiger partial charge in [0.25, 0.3) is 0 Å². The van der Waals surface area contributed by atoms with E-state index in [2.05, 4.69) is 30.6 Å². The Labute approximate surface area is 148 Å². The molecule has 3 aromatic heterocycles. The summed E-state index contributed by atoms with van der Waals surface area (Å²) in [7, 11) is 1.58.